The van der Waals surface area contributed by atoms with Gasteiger partial charge >= 0.3 is 0 Å². The van der Waals surface area contributed by atoms with Gasteiger partial charge in [-0.3, -0.25) is 0 Å². The molecule has 1 nitrogen and oxygen atoms in total. The molecule has 0 N–H and O–H groups in total. The van der Waals surface area contributed by atoms with E-state index in [1.807, 2.05) is 23.9 Å². The third kappa shape index (κ3) is 4.16. The molecule has 3 unspecified atom stereocenters. The van der Waals surface area contributed by atoms with Crippen molar-refractivity contribution in [2.45, 2.75) is 49.2 Å². The van der Waals surface area contributed by atoms with E-state index in [4.69, 9.17) is 11.6 Å². The maximum absolute atomic E-state index is 9.32. The molecule has 1 saturated carbocycles. The average molecular weight is 294 g/mol. The molecular weight excluding hydrogens is 274 g/mol. The van der Waals surface area contributed by atoms with Gasteiger partial charge in [-0.05, 0) is 49.4 Å². The Morgan fingerprint density at radius 1 is 1.32 bits per heavy atom. The number of hydrogen-bond acceptors (Lipinski definition) is 2. The second-order valence-corrected chi connectivity index (χ2v) is 7.06. The van der Waals surface area contributed by atoms with Gasteiger partial charge in [-0.2, -0.15) is 5.26 Å². The van der Waals surface area contributed by atoms with Crippen LogP contribution in [-0.2, 0) is 0 Å². The zero-order valence-corrected chi connectivity index (χ0v) is 12.9. The van der Waals surface area contributed by atoms with Crippen molar-refractivity contribution in [2.24, 2.45) is 11.8 Å². The van der Waals surface area contributed by atoms with Crippen LogP contribution in [0.5, 0.6) is 0 Å². The standard InChI is InChI=1S/C16H20ClNS/c1-2-3-12-4-5-13(11-18)16(10-12)19-15-8-6-14(17)7-9-15/h6-9,12-13,16H,2-5,10H2,1H3. The second-order valence-electron chi connectivity index (χ2n) is 5.31. The van der Waals surface area contributed by atoms with Gasteiger partial charge in [0.2, 0.25) is 0 Å². The molecule has 0 radical (unpaired) electrons. The Kier molecular flexibility index (Phi) is 5.60. The van der Waals surface area contributed by atoms with Crippen LogP contribution >= 0.6 is 23.4 Å². The van der Waals surface area contributed by atoms with Crippen molar-refractivity contribution >= 4 is 23.4 Å². The molecule has 0 amide bonds. The third-order valence-corrected chi connectivity index (χ3v) is 5.48. The molecule has 1 aromatic carbocycles. The first-order chi connectivity index (χ1) is 9.22. The van der Waals surface area contributed by atoms with Gasteiger partial charge in [0.25, 0.3) is 0 Å². The molecule has 1 fully saturated rings. The lowest BCUT2D eigenvalue weighted by molar-refractivity contribution is 0.307. The van der Waals surface area contributed by atoms with Crippen LogP contribution in [-0.4, -0.2) is 5.25 Å². The molecule has 19 heavy (non-hydrogen) atoms. The van der Waals surface area contributed by atoms with Gasteiger partial charge in [-0.25, -0.2) is 0 Å². The molecule has 1 aliphatic rings. The van der Waals surface area contributed by atoms with Gasteiger partial charge in [0.15, 0.2) is 0 Å². The van der Waals surface area contributed by atoms with E-state index in [9.17, 15) is 5.26 Å². The minimum absolute atomic E-state index is 0.203. The monoisotopic (exact) mass is 293 g/mol. The minimum Gasteiger partial charge on any atom is -0.198 e. The lowest BCUT2D eigenvalue weighted by atomic mass is 9.80. The summed E-state index contributed by atoms with van der Waals surface area (Å²) in [5.41, 5.74) is 0. The zero-order chi connectivity index (χ0) is 13.7. The number of rotatable bonds is 4. The topological polar surface area (TPSA) is 23.8 Å². The predicted octanol–water partition coefficient (Wildman–Crippen LogP) is 5.54. The highest BCUT2D eigenvalue weighted by atomic mass is 35.5. The highest BCUT2D eigenvalue weighted by molar-refractivity contribution is 8.00. The first-order valence-corrected chi connectivity index (χ1v) is 8.30. The highest BCUT2D eigenvalue weighted by Crippen LogP contribution is 2.41. The average Bonchev–Trinajstić information content (AvgIpc) is 2.42. The molecule has 0 saturated heterocycles. The Balaban J connectivity index is 2.02. The van der Waals surface area contributed by atoms with E-state index in [2.05, 4.69) is 25.1 Å². The van der Waals surface area contributed by atoms with Crippen LogP contribution < -0.4 is 0 Å². The van der Waals surface area contributed by atoms with Crippen LogP contribution in [0.3, 0.4) is 0 Å². The fourth-order valence-corrected chi connectivity index (χ4v) is 4.35. The summed E-state index contributed by atoms with van der Waals surface area (Å²) in [6.45, 7) is 2.25. The van der Waals surface area contributed by atoms with Crippen molar-refractivity contribution in [3.63, 3.8) is 0 Å². The molecule has 102 valence electrons. The number of benzene rings is 1. The Labute approximate surface area is 125 Å². The van der Waals surface area contributed by atoms with Gasteiger partial charge in [0, 0.05) is 15.2 Å². The molecule has 0 aliphatic heterocycles. The summed E-state index contributed by atoms with van der Waals surface area (Å²) >= 11 is 7.77. The van der Waals surface area contributed by atoms with Gasteiger partial charge in [0.1, 0.15) is 0 Å². The Morgan fingerprint density at radius 3 is 2.68 bits per heavy atom. The van der Waals surface area contributed by atoms with Gasteiger partial charge < -0.3 is 0 Å². The summed E-state index contributed by atoms with van der Waals surface area (Å²) in [7, 11) is 0. The van der Waals surface area contributed by atoms with Gasteiger partial charge in [-0.15, -0.1) is 11.8 Å². The van der Waals surface area contributed by atoms with Crippen LogP contribution in [0.4, 0.5) is 0 Å². The third-order valence-electron chi connectivity index (χ3n) is 3.86. The maximum Gasteiger partial charge on any atom is 0.0667 e. The van der Waals surface area contributed by atoms with Crippen molar-refractivity contribution in [3.05, 3.63) is 29.3 Å². The number of halogens is 1. The molecule has 0 bridgehead atoms. The Morgan fingerprint density at radius 2 is 2.05 bits per heavy atom. The molecule has 0 spiro atoms. The summed E-state index contributed by atoms with van der Waals surface area (Å²) in [6.07, 6.45) is 6.02. The summed E-state index contributed by atoms with van der Waals surface area (Å²) in [5.74, 6) is 1.01. The van der Waals surface area contributed by atoms with Gasteiger partial charge in [-0.1, -0.05) is 31.4 Å². The molecule has 0 heterocycles. The SMILES string of the molecule is CCCC1CCC(C#N)C(Sc2ccc(Cl)cc2)C1. The van der Waals surface area contributed by atoms with E-state index in [0.29, 0.717) is 5.25 Å². The summed E-state index contributed by atoms with van der Waals surface area (Å²) in [4.78, 5) is 1.23. The van der Waals surface area contributed by atoms with Crippen molar-refractivity contribution < 1.29 is 0 Å². The first-order valence-electron chi connectivity index (χ1n) is 7.04. The first kappa shape index (κ1) is 14.8. The van der Waals surface area contributed by atoms with E-state index in [0.717, 1.165) is 17.4 Å². The molecule has 1 aliphatic carbocycles. The largest absolute Gasteiger partial charge is 0.198 e. The van der Waals surface area contributed by atoms with Crippen molar-refractivity contribution in [2.75, 3.05) is 0 Å². The number of hydrogen-bond donors (Lipinski definition) is 0. The summed E-state index contributed by atoms with van der Waals surface area (Å²) < 4.78 is 0. The van der Waals surface area contributed by atoms with E-state index in [1.54, 1.807) is 0 Å². The maximum atomic E-state index is 9.32. The quantitative estimate of drug-likeness (QED) is 0.727. The van der Waals surface area contributed by atoms with E-state index < -0.39 is 0 Å². The molecule has 2 rings (SSSR count). The second kappa shape index (κ2) is 7.22. The van der Waals surface area contributed by atoms with Crippen molar-refractivity contribution in [1.29, 1.82) is 5.26 Å². The number of nitrogens with zero attached hydrogens (tertiary/aromatic N) is 1. The number of nitriles is 1. The lowest BCUT2D eigenvalue weighted by Gasteiger charge is -2.32. The van der Waals surface area contributed by atoms with Crippen LogP contribution in [0.25, 0.3) is 0 Å². The molecule has 3 heteroatoms. The Bertz CT molecular complexity index is 437. The fourth-order valence-electron chi connectivity index (χ4n) is 2.85. The van der Waals surface area contributed by atoms with Crippen LogP contribution in [0.2, 0.25) is 5.02 Å². The normalized spacial score (nSPS) is 26.9. The molecule has 3 atom stereocenters. The number of thioether (sulfide) groups is 1. The van der Waals surface area contributed by atoms with Gasteiger partial charge in [0.05, 0.1) is 12.0 Å². The highest BCUT2D eigenvalue weighted by Gasteiger charge is 2.30. The predicted molar refractivity (Wildman–Crippen MR) is 82.4 cm³/mol. The zero-order valence-electron chi connectivity index (χ0n) is 11.3. The lowest BCUT2D eigenvalue weighted by Crippen LogP contribution is -2.26. The van der Waals surface area contributed by atoms with Crippen LogP contribution in [0.1, 0.15) is 39.0 Å². The summed E-state index contributed by atoms with van der Waals surface area (Å²) in [5, 5.41) is 10.5. The fraction of sp³-hybridized carbons (Fsp3) is 0.562. The summed E-state index contributed by atoms with van der Waals surface area (Å²) in [6, 6.07) is 10.5. The molecule has 0 aromatic heterocycles. The smallest absolute Gasteiger partial charge is 0.0667 e. The minimum atomic E-state index is 0.203. The van der Waals surface area contributed by atoms with E-state index in [-0.39, 0.29) is 5.92 Å². The van der Waals surface area contributed by atoms with Crippen molar-refractivity contribution in [1.82, 2.24) is 0 Å². The van der Waals surface area contributed by atoms with Crippen LogP contribution in [0.15, 0.2) is 29.2 Å². The molecular formula is C16H20ClNS. The van der Waals surface area contributed by atoms with Crippen LogP contribution in [0, 0.1) is 23.2 Å². The van der Waals surface area contributed by atoms with E-state index in [1.165, 1.54) is 30.6 Å². The molecule has 1 aromatic rings. The van der Waals surface area contributed by atoms with Crippen molar-refractivity contribution in [3.8, 4) is 6.07 Å². The van der Waals surface area contributed by atoms with E-state index >= 15 is 0 Å². The Hall–Kier alpha value is -0.650.